The van der Waals surface area contributed by atoms with Crippen LogP contribution in [0.25, 0.3) is 32.6 Å². The molecule has 0 unspecified atom stereocenters. The predicted molar refractivity (Wildman–Crippen MR) is 82.4 cm³/mol. The van der Waals surface area contributed by atoms with Crippen LogP contribution in [0.3, 0.4) is 0 Å². The lowest BCUT2D eigenvalue weighted by Gasteiger charge is -2.01. The van der Waals surface area contributed by atoms with Gasteiger partial charge in [-0.05, 0) is 41.5 Å². The van der Waals surface area contributed by atoms with Crippen LogP contribution in [0.2, 0.25) is 0 Å². The van der Waals surface area contributed by atoms with Gasteiger partial charge in [0.2, 0.25) is 0 Å². The third-order valence-corrected chi connectivity index (χ3v) is 4.11. The number of hydrogen-bond donors (Lipinski definition) is 1. The van der Waals surface area contributed by atoms with Gasteiger partial charge < -0.3 is 5.11 Å². The van der Waals surface area contributed by atoms with Gasteiger partial charge in [0, 0.05) is 34.9 Å². The van der Waals surface area contributed by atoms with Crippen molar-refractivity contribution in [2.75, 3.05) is 0 Å². The molecule has 0 atom stereocenters. The van der Waals surface area contributed by atoms with Crippen LogP contribution in [0.4, 0.5) is 0 Å². The van der Waals surface area contributed by atoms with Crippen molar-refractivity contribution < 1.29 is 5.11 Å². The number of fused-ring (bicyclic) bond motifs is 5. The number of aryl methyl sites for hydroxylation is 1. The molecule has 4 aromatic rings. The summed E-state index contributed by atoms with van der Waals surface area (Å²) in [6, 6.07) is 9.32. The fraction of sp³-hybridized carbons (Fsp3) is 0.0625. The first-order valence-corrected chi connectivity index (χ1v) is 6.67. The topological polar surface area (TPSA) is 38.1 Å². The number of aromatic nitrogens is 2. The SMILES string of the molecule is Cc1cncc2c3c4ccc(O)cc4ccc3n(Cl)c12. The van der Waals surface area contributed by atoms with E-state index in [1.54, 1.807) is 16.2 Å². The van der Waals surface area contributed by atoms with Gasteiger partial charge in [-0.3, -0.25) is 9.07 Å². The smallest absolute Gasteiger partial charge is 0.116 e. The Morgan fingerprint density at radius 3 is 2.80 bits per heavy atom. The van der Waals surface area contributed by atoms with E-state index in [9.17, 15) is 5.11 Å². The maximum Gasteiger partial charge on any atom is 0.116 e. The van der Waals surface area contributed by atoms with Crippen LogP contribution in [-0.2, 0) is 0 Å². The summed E-state index contributed by atoms with van der Waals surface area (Å²) in [5.74, 6) is 0.265. The lowest BCUT2D eigenvalue weighted by atomic mass is 10.0. The molecule has 3 nitrogen and oxygen atoms in total. The molecule has 0 aliphatic heterocycles. The first kappa shape index (κ1) is 11.6. The first-order valence-electron chi connectivity index (χ1n) is 6.33. The second-order valence-electron chi connectivity index (χ2n) is 5.00. The van der Waals surface area contributed by atoms with E-state index in [0.29, 0.717) is 0 Å². The summed E-state index contributed by atoms with van der Waals surface area (Å²) < 4.78 is 1.69. The summed E-state index contributed by atoms with van der Waals surface area (Å²) in [5.41, 5.74) is 2.98. The number of phenols is 1. The zero-order chi connectivity index (χ0) is 13.9. The van der Waals surface area contributed by atoms with E-state index in [1.165, 1.54) is 0 Å². The maximum atomic E-state index is 9.62. The monoisotopic (exact) mass is 282 g/mol. The van der Waals surface area contributed by atoms with Crippen LogP contribution in [0.15, 0.2) is 42.7 Å². The van der Waals surface area contributed by atoms with Crippen molar-refractivity contribution in [1.29, 1.82) is 0 Å². The second kappa shape index (κ2) is 3.87. The number of pyridine rings is 1. The van der Waals surface area contributed by atoms with Gasteiger partial charge in [-0.15, -0.1) is 0 Å². The van der Waals surface area contributed by atoms with Gasteiger partial charge in [0.25, 0.3) is 0 Å². The maximum absolute atomic E-state index is 9.62. The molecular formula is C16H11ClN2O. The summed E-state index contributed by atoms with van der Waals surface area (Å²) >= 11 is 6.47. The van der Waals surface area contributed by atoms with Gasteiger partial charge in [-0.25, -0.2) is 0 Å². The molecule has 1 N–H and O–H groups in total. The average Bonchev–Trinajstić information content (AvgIpc) is 2.73. The van der Waals surface area contributed by atoms with Gasteiger partial charge >= 0.3 is 0 Å². The second-order valence-corrected chi connectivity index (χ2v) is 5.34. The number of halogens is 1. The molecule has 0 aliphatic rings. The summed E-state index contributed by atoms with van der Waals surface area (Å²) in [6.45, 7) is 2.00. The van der Waals surface area contributed by atoms with Crippen molar-refractivity contribution in [3.8, 4) is 5.75 Å². The molecule has 2 heterocycles. The predicted octanol–water partition coefficient (Wildman–Crippen LogP) is 4.36. The van der Waals surface area contributed by atoms with Crippen LogP contribution in [0.5, 0.6) is 5.75 Å². The normalized spacial score (nSPS) is 11.7. The average molecular weight is 283 g/mol. The number of phenolic OH excluding ortho intramolecular Hbond substituents is 1. The largest absolute Gasteiger partial charge is 0.508 e. The quantitative estimate of drug-likeness (QED) is 0.520. The Morgan fingerprint density at radius 1 is 1.10 bits per heavy atom. The molecular weight excluding hydrogens is 272 g/mol. The van der Waals surface area contributed by atoms with Crippen LogP contribution < -0.4 is 0 Å². The fourth-order valence-electron chi connectivity index (χ4n) is 2.87. The lowest BCUT2D eigenvalue weighted by molar-refractivity contribution is 0.476. The summed E-state index contributed by atoms with van der Waals surface area (Å²) in [5, 5.41) is 13.8. The van der Waals surface area contributed by atoms with Gasteiger partial charge in [0.15, 0.2) is 0 Å². The molecule has 0 amide bonds. The molecule has 0 spiro atoms. The number of aromatic hydroxyl groups is 1. The Kier molecular flexibility index (Phi) is 2.24. The minimum Gasteiger partial charge on any atom is -0.508 e. The molecule has 0 saturated carbocycles. The molecule has 4 rings (SSSR count). The Hall–Kier alpha value is -2.26. The van der Waals surface area contributed by atoms with Crippen molar-refractivity contribution >= 4 is 44.4 Å². The number of rotatable bonds is 0. The Morgan fingerprint density at radius 2 is 1.95 bits per heavy atom. The third kappa shape index (κ3) is 1.38. The van der Waals surface area contributed by atoms with Crippen molar-refractivity contribution in [3.05, 3.63) is 48.3 Å². The molecule has 0 aliphatic carbocycles. The number of benzene rings is 2. The van der Waals surface area contributed by atoms with Crippen molar-refractivity contribution in [1.82, 2.24) is 9.07 Å². The Labute approximate surface area is 120 Å². The van der Waals surface area contributed by atoms with E-state index in [0.717, 1.165) is 38.1 Å². The zero-order valence-corrected chi connectivity index (χ0v) is 11.5. The van der Waals surface area contributed by atoms with Crippen LogP contribution in [-0.4, -0.2) is 14.2 Å². The highest BCUT2D eigenvalue weighted by molar-refractivity contribution is 6.30. The van der Waals surface area contributed by atoms with Crippen molar-refractivity contribution in [2.24, 2.45) is 0 Å². The first-order chi connectivity index (χ1) is 9.66. The Bertz CT molecular complexity index is 988. The summed E-state index contributed by atoms with van der Waals surface area (Å²) in [6.07, 6.45) is 3.66. The van der Waals surface area contributed by atoms with E-state index in [2.05, 4.69) is 4.98 Å². The van der Waals surface area contributed by atoms with Crippen molar-refractivity contribution in [3.63, 3.8) is 0 Å². The summed E-state index contributed by atoms with van der Waals surface area (Å²) in [7, 11) is 0. The summed E-state index contributed by atoms with van der Waals surface area (Å²) in [4.78, 5) is 4.28. The standard InChI is InChI=1S/C16H11ClN2O/c1-9-7-18-8-13-15-12-4-3-11(20)6-10(12)2-5-14(15)19(17)16(9)13/h2-8,20H,1H3. The number of hydrogen-bond acceptors (Lipinski definition) is 2. The van der Waals surface area contributed by atoms with E-state index in [-0.39, 0.29) is 5.75 Å². The lowest BCUT2D eigenvalue weighted by Crippen LogP contribution is -1.83. The molecule has 0 radical (unpaired) electrons. The van der Waals surface area contributed by atoms with Crippen LogP contribution in [0, 0.1) is 6.92 Å². The molecule has 2 aromatic heterocycles. The van der Waals surface area contributed by atoms with Gasteiger partial charge in [-0.1, -0.05) is 12.1 Å². The van der Waals surface area contributed by atoms with E-state index in [4.69, 9.17) is 11.8 Å². The highest BCUT2D eigenvalue weighted by Gasteiger charge is 2.14. The van der Waals surface area contributed by atoms with E-state index >= 15 is 0 Å². The number of nitrogens with zero attached hydrogens (tertiary/aromatic N) is 2. The molecule has 2 aromatic carbocycles. The highest BCUT2D eigenvalue weighted by atomic mass is 35.5. The van der Waals surface area contributed by atoms with Crippen LogP contribution in [0.1, 0.15) is 5.56 Å². The molecule has 4 heteroatoms. The van der Waals surface area contributed by atoms with Gasteiger partial charge in [-0.2, -0.15) is 0 Å². The van der Waals surface area contributed by atoms with Gasteiger partial charge in [0.05, 0.1) is 11.0 Å². The zero-order valence-electron chi connectivity index (χ0n) is 10.8. The molecule has 0 saturated heterocycles. The highest BCUT2D eigenvalue weighted by Crippen LogP contribution is 2.36. The van der Waals surface area contributed by atoms with E-state index < -0.39 is 0 Å². The van der Waals surface area contributed by atoms with Crippen molar-refractivity contribution in [2.45, 2.75) is 6.92 Å². The van der Waals surface area contributed by atoms with Crippen LogP contribution >= 0.6 is 11.8 Å². The van der Waals surface area contributed by atoms with Gasteiger partial charge in [0.1, 0.15) is 5.75 Å². The minimum absolute atomic E-state index is 0.265. The third-order valence-electron chi connectivity index (χ3n) is 3.76. The Balaban J connectivity index is 2.36. The molecule has 20 heavy (non-hydrogen) atoms. The minimum atomic E-state index is 0.265. The fourth-order valence-corrected chi connectivity index (χ4v) is 3.24. The van der Waals surface area contributed by atoms with E-state index in [1.807, 2.05) is 37.5 Å². The molecule has 0 bridgehead atoms. The molecule has 0 fully saturated rings. The molecule has 98 valence electrons.